The Hall–Kier alpha value is -0.860. The normalized spacial score (nSPS) is 18.4. The highest BCUT2D eigenvalue weighted by molar-refractivity contribution is 5.26. The van der Waals surface area contributed by atoms with Gasteiger partial charge in [-0.3, -0.25) is 4.90 Å². The topological polar surface area (TPSA) is 29.3 Å². The van der Waals surface area contributed by atoms with E-state index >= 15 is 0 Å². The highest BCUT2D eigenvalue weighted by atomic mass is 15.2. The summed E-state index contributed by atoms with van der Waals surface area (Å²) in [5.74, 6) is 0.714. The minimum Gasteiger partial charge on any atom is -0.329 e. The van der Waals surface area contributed by atoms with E-state index in [-0.39, 0.29) is 0 Å². The fraction of sp³-hybridized carbons (Fsp3) is 0.684. The van der Waals surface area contributed by atoms with Crippen LogP contribution in [0.3, 0.4) is 0 Å². The van der Waals surface area contributed by atoms with E-state index in [1.807, 2.05) is 0 Å². The molecule has 118 valence electrons. The van der Waals surface area contributed by atoms with Crippen molar-refractivity contribution in [2.45, 2.75) is 64.5 Å². The quantitative estimate of drug-likeness (QED) is 0.852. The van der Waals surface area contributed by atoms with Gasteiger partial charge >= 0.3 is 0 Å². The van der Waals surface area contributed by atoms with Crippen LogP contribution in [0.2, 0.25) is 0 Å². The highest BCUT2D eigenvalue weighted by Crippen LogP contribution is 2.28. The molecule has 1 fully saturated rings. The van der Waals surface area contributed by atoms with Crippen LogP contribution in [0.15, 0.2) is 24.3 Å². The van der Waals surface area contributed by atoms with Gasteiger partial charge in [-0.15, -0.1) is 0 Å². The Labute approximate surface area is 130 Å². The summed E-state index contributed by atoms with van der Waals surface area (Å²) in [7, 11) is 2.26. The molecule has 1 aromatic rings. The van der Waals surface area contributed by atoms with E-state index in [4.69, 9.17) is 5.73 Å². The number of hydrogen-bond acceptors (Lipinski definition) is 2. The molecule has 1 aliphatic rings. The molecule has 0 aliphatic heterocycles. The number of benzene rings is 1. The van der Waals surface area contributed by atoms with Crippen molar-refractivity contribution in [3.63, 3.8) is 0 Å². The molecule has 1 aliphatic carbocycles. The molecule has 0 bridgehead atoms. The second-order valence-electron chi connectivity index (χ2n) is 7.05. The van der Waals surface area contributed by atoms with E-state index in [9.17, 15) is 0 Å². The number of rotatable bonds is 6. The maximum absolute atomic E-state index is 6.09. The molecule has 1 aromatic carbocycles. The molecule has 21 heavy (non-hydrogen) atoms. The molecule has 0 heterocycles. The molecule has 0 radical (unpaired) electrons. The van der Waals surface area contributed by atoms with Crippen LogP contribution in [0, 0.1) is 5.92 Å². The van der Waals surface area contributed by atoms with Crippen LogP contribution in [-0.4, -0.2) is 24.5 Å². The summed E-state index contributed by atoms with van der Waals surface area (Å²) in [4.78, 5) is 2.52. The molecule has 0 aromatic heterocycles. The van der Waals surface area contributed by atoms with Crippen LogP contribution in [-0.2, 0) is 6.42 Å². The zero-order chi connectivity index (χ0) is 15.2. The lowest BCUT2D eigenvalue weighted by Gasteiger charge is -2.37. The first-order valence-corrected chi connectivity index (χ1v) is 8.62. The van der Waals surface area contributed by atoms with Crippen molar-refractivity contribution in [1.82, 2.24) is 4.90 Å². The molecule has 0 amide bonds. The monoisotopic (exact) mass is 288 g/mol. The number of hydrogen-bond donors (Lipinski definition) is 1. The second-order valence-corrected chi connectivity index (χ2v) is 7.05. The number of nitrogens with zero attached hydrogens (tertiary/aromatic N) is 1. The Morgan fingerprint density at radius 3 is 2.24 bits per heavy atom. The van der Waals surface area contributed by atoms with Gasteiger partial charge in [-0.2, -0.15) is 0 Å². The summed E-state index contributed by atoms with van der Waals surface area (Å²) < 4.78 is 0. The predicted octanol–water partition coefficient (Wildman–Crippen LogP) is 4.15. The van der Waals surface area contributed by atoms with E-state index < -0.39 is 0 Å². The van der Waals surface area contributed by atoms with E-state index in [2.05, 4.69) is 50.1 Å². The molecule has 2 heteroatoms. The van der Waals surface area contributed by atoms with Gasteiger partial charge in [0.2, 0.25) is 0 Å². The van der Waals surface area contributed by atoms with Crippen LogP contribution < -0.4 is 5.73 Å². The van der Waals surface area contributed by atoms with Gasteiger partial charge in [0.15, 0.2) is 0 Å². The molecule has 1 saturated carbocycles. The number of nitrogens with two attached hydrogens (primary N) is 1. The summed E-state index contributed by atoms with van der Waals surface area (Å²) in [6.07, 6.45) is 7.98. The standard InChI is InChI=1S/C19H32N2/c1-15(2)13-16-9-11-17(12-10-16)19(14-20)21(3)18-7-5-4-6-8-18/h9-12,15,18-19H,4-8,13-14,20H2,1-3H3. The Balaban J connectivity index is 2.05. The molecule has 0 spiro atoms. The van der Waals surface area contributed by atoms with Gasteiger partial charge in [-0.1, -0.05) is 57.4 Å². The molecule has 2 N–H and O–H groups in total. The zero-order valence-electron chi connectivity index (χ0n) is 14.0. The molecule has 1 atom stereocenters. The maximum Gasteiger partial charge on any atom is 0.0470 e. The highest BCUT2D eigenvalue weighted by Gasteiger charge is 2.24. The van der Waals surface area contributed by atoms with Gasteiger partial charge in [0.05, 0.1) is 0 Å². The van der Waals surface area contributed by atoms with Crippen molar-refractivity contribution >= 4 is 0 Å². The summed E-state index contributed by atoms with van der Waals surface area (Å²) in [6.45, 7) is 5.25. The first-order valence-electron chi connectivity index (χ1n) is 8.62. The average Bonchev–Trinajstić information content (AvgIpc) is 2.50. The van der Waals surface area contributed by atoms with E-state index in [0.29, 0.717) is 24.5 Å². The SMILES string of the molecule is CC(C)Cc1ccc(C(CN)N(C)C2CCCCC2)cc1. The predicted molar refractivity (Wildman–Crippen MR) is 91.4 cm³/mol. The van der Waals surface area contributed by atoms with Crippen LogP contribution in [0.4, 0.5) is 0 Å². The van der Waals surface area contributed by atoms with Crippen LogP contribution >= 0.6 is 0 Å². The smallest absolute Gasteiger partial charge is 0.0470 e. The lowest BCUT2D eigenvalue weighted by Crippen LogP contribution is -2.39. The summed E-state index contributed by atoms with van der Waals surface area (Å²) in [5.41, 5.74) is 8.90. The van der Waals surface area contributed by atoms with Gasteiger partial charge in [0.25, 0.3) is 0 Å². The van der Waals surface area contributed by atoms with E-state index in [0.717, 1.165) is 6.42 Å². The molecule has 2 rings (SSSR count). The van der Waals surface area contributed by atoms with Gasteiger partial charge < -0.3 is 5.73 Å². The minimum atomic E-state index is 0.362. The van der Waals surface area contributed by atoms with Crippen LogP contribution in [0.1, 0.15) is 63.1 Å². The van der Waals surface area contributed by atoms with Gasteiger partial charge in [-0.05, 0) is 43.4 Å². The first-order chi connectivity index (χ1) is 10.1. The Morgan fingerprint density at radius 2 is 1.71 bits per heavy atom. The van der Waals surface area contributed by atoms with Crippen LogP contribution in [0.25, 0.3) is 0 Å². The van der Waals surface area contributed by atoms with Crippen molar-refractivity contribution in [2.75, 3.05) is 13.6 Å². The van der Waals surface area contributed by atoms with E-state index in [1.165, 1.54) is 43.2 Å². The lowest BCUT2D eigenvalue weighted by atomic mass is 9.92. The first kappa shape index (κ1) is 16.5. The third-order valence-electron chi connectivity index (χ3n) is 4.87. The largest absolute Gasteiger partial charge is 0.329 e. The Kier molecular flexibility index (Phi) is 6.25. The molecular weight excluding hydrogens is 256 g/mol. The fourth-order valence-electron chi connectivity index (χ4n) is 3.63. The molecule has 1 unspecified atom stereocenters. The molecule has 2 nitrogen and oxygen atoms in total. The lowest BCUT2D eigenvalue weighted by molar-refractivity contribution is 0.141. The maximum atomic E-state index is 6.09. The Bertz CT molecular complexity index is 404. The summed E-state index contributed by atoms with van der Waals surface area (Å²) in [5, 5.41) is 0. The van der Waals surface area contributed by atoms with Gasteiger partial charge in [0, 0.05) is 18.6 Å². The minimum absolute atomic E-state index is 0.362. The van der Waals surface area contributed by atoms with Crippen molar-refractivity contribution < 1.29 is 0 Å². The molecule has 0 saturated heterocycles. The third-order valence-corrected chi connectivity index (χ3v) is 4.87. The summed E-state index contributed by atoms with van der Waals surface area (Å²) >= 11 is 0. The van der Waals surface area contributed by atoms with Crippen molar-refractivity contribution in [3.8, 4) is 0 Å². The number of likely N-dealkylation sites (N-methyl/N-ethyl adjacent to an activating group) is 1. The summed E-state index contributed by atoms with van der Waals surface area (Å²) in [6, 6.07) is 10.2. The fourth-order valence-corrected chi connectivity index (χ4v) is 3.63. The Morgan fingerprint density at radius 1 is 1.10 bits per heavy atom. The molecular formula is C19H32N2. The van der Waals surface area contributed by atoms with Crippen molar-refractivity contribution in [1.29, 1.82) is 0 Å². The van der Waals surface area contributed by atoms with Gasteiger partial charge in [-0.25, -0.2) is 0 Å². The van der Waals surface area contributed by atoms with Gasteiger partial charge in [0.1, 0.15) is 0 Å². The van der Waals surface area contributed by atoms with E-state index in [1.54, 1.807) is 0 Å². The third kappa shape index (κ3) is 4.55. The van der Waals surface area contributed by atoms with Crippen molar-refractivity contribution in [3.05, 3.63) is 35.4 Å². The van der Waals surface area contributed by atoms with Crippen molar-refractivity contribution in [2.24, 2.45) is 11.7 Å². The average molecular weight is 288 g/mol. The van der Waals surface area contributed by atoms with Crippen LogP contribution in [0.5, 0.6) is 0 Å². The second kappa shape index (κ2) is 7.95. The zero-order valence-corrected chi connectivity index (χ0v) is 14.0.